The second-order valence-corrected chi connectivity index (χ2v) is 9.66. The molecule has 1 spiro atoms. The summed E-state index contributed by atoms with van der Waals surface area (Å²) < 4.78 is 5.69. The number of amides is 1. The van der Waals surface area contributed by atoms with Gasteiger partial charge in [-0.1, -0.05) is 24.3 Å². The zero-order valence-electron chi connectivity index (χ0n) is 18.4. The number of methoxy groups -OCH3 is 1. The van der Waals surface area contributed by atoms with Crippen molar-refractivity contribution < 1.29 is 19.4 Å². The summed E-state index contributed by atoms with van der Waals surface area (Å²) in [5.41, 5.74) is 3.21. The number of carbonyl (C=O) groups is 2. The maximum absolute atomic E-state index is 12.5. The molecule has 2 N–H and O–H groups in total. The Bertz CT molecular complexity index is 966. The van der Waals surface area contributed by atoms with Gasteiger partial charge in [0.2, 0.25) is 0 Å². The van der Waals surface area contributed by atoms with Crippen LogP contribution in [-0.2, 0) is 9.53 Å². The van der Waals surface area contributed by atoms with Gasteiger partial charge in [0.15, 0.2) is 5.69 Å². The molecule has 3 fully saturated rings. The van der Waals surface area contributed by atoms with Gasteiger partial charge in [-0.05, 0) is 61.0 Å². The lowest BCUT2D eigenvalue weighted by Crippen LogP contribution is -2.39. The molecule has 4 unspecified atom stereocenters. The summed E-state index contributed by atoms with van der Waals surface area (Å²) in [5.74, 6) is -0.368. The molecule has 5 rings (SSSR count). The molecule has 1 aromatic carbocycles. The molecule has 2 aliphatic carbocycles. The molecular weight excluding hydrogens is 408 g/mol. The second-order valence-electron chi connectivity index (χ2n) is 9.66. The molecule has 4 atom stereocenters. The maximum Gasteiger partial charge on any atom is 0.306 e. The van der Waals surface area contributed by atoms with Gasteiger partial charge in [0.1, 0.15) is 0 Å². The Hall–Kier alpha value is -2.74. The van der Waals surface area contributed by atoms with Crippen molar-refractivity contribution >= 4 is 11.9 Å². The van der Waals surface area contributed by atoms with Gasteiger partial charge in [-0.3, -0.25) is 9.59 Å². The van der Waals surface area contributed by atoms with Crippen LogP contribution in [0.4, 0.5) is 0 Å². The van der Waals surface area contributed by atoms with Gasteiger partial charge in [0.05, 0.1) is 18.2 Å². The number of benzene rings is 1. The van der Waals surface area contributed by atoms with E-state index in [2.05, 4.69) is 39.7 Å². The summed E-state index contributed by atoms with van der Waals surface area (Å²) in [6.07, 6.45) is 6.86. The number of hydrogen-bond donors (Lipinski definition) is 2. The third-order valence-electron chi connectivity index (χ3n) is 8.08. The number of hydrogen-bond acceptors (Lipinski definition) is 5. The number of carboxylic acid groups (broad SMARTS) is 1. The number of aliphatic carboxylic acids is 1. The molecule has 3 aliphatic rings. The minimum atomic E-state index is -0.700. The molecule has 2 saturated carbocycles. The summed E-state index contributed by atoms with van der Waals surface area (Å²) >= 11 is 0. The fraction of sp³-hybridized carbons (Fsp3) is 0.583. The number of H-pyrrole nitrogens is 1. The molecule has 1 aliphatic heterocycles. The van der Waals surface area contributed by atoms with E-state index in [-0.39, 0.29) is 23.8 Å². The average molecular weight is 439 g/mol. The van der Waals surface area contributed by atoms with Crippen LogP contribution in [0.25, 0.3) is 0 Å². The van der Waals surface area contributed by atoms with Gasteiger partial charge in [-0.25, -0.2) is 0 Å². The summed E-state index contributed by atoms with van der Waals surface area (Å²) in [7, 11) is 1.72. The molecule has 1 saturated heterocycles. The van der Waals surface area contributed by atoms with Crippen molar-refractivity contribution in [3.63, 3.8) is 0 Å². The normalized spacial score (nSPS) is 29.1. The summed E-state index contributed by atoms with van der Waals surface area (Å²) in [5, 5.41) is 19.6. The monoisotopic (exact) mass is 438 g/mol. The Morgan fingerprint density at radius 1 is 1.16 bits per heavy atom. The van der Waals surface area contributed by atoms with Crippen LogP contribution in [0.5, 0.6) is 0 Å². The van der Waals surface area contributed by atoms with Crippen molar-refractivity contribution in [2.24, 2.45) is 11.3 Å². The fourth-order valence-corrected chi connectivity index (χ4v) is 5.97. The van der Waals surface area contributed by atoms with Crippen molar-refractivity contribution in [1.29, 1.82) is 0 Å². The third-order valence-corrected chi connectivity index (χ3v) is 8.08. The van der Waals surface area contributed by atoms with Crippen LogP contribution >= 0.6 is 0 Å². The summed E-state index contributed by atoms with van der Waals surface area (Å²) in [4.78, 5) is 25.9. The number of likely N-dealkylation sites (tertiary alicyclic amines) is 1. The standard InChI is InChI=1S/C24H30N4O4/c1-32-21-7-6-17(23(30)31)12-18(21)15-2-4-16(5-3-15)19-13-24(19)8-10-28(11-9-24)22(29)20-14-25-27-26-20/h2-5,14,17-19,21H,6-13H2,1H3,(H,30,31)(H,25,26,27). The van der Waals surface area contributed by atoms with Crippen LogP contribution in [0.15, 0.2) is 30.5 Å². The van der Waals surface area contributed by atoms with Gasteiger partial charge < -0.3 is 14.7 Å². The van der Waals surface area contributed by atoms with Gasteiger partial charge in [0.25, 0.3) is 5.91 Å². The Balaban J connectivity index is 1.22. The average Bonchev–Trinajstić information content (AvgIpc) is 3.24. The summed E-state index contributed by atoms with van der Waals surface area (Å²) in [6, 6.07) is 8.79. The van der Waals surface area contributed by atoms with E-state index in [1.807, 2.05) is 4.90 Å². The van der Waals surface area contributed by atoms with Crippen LogP contribution in [0.2, 0.25) is 0 Å². The van der Waals surface area contributed by atoms with E-state index in [0.717, 1.165) is 32.4 Å². The molecule has 8 nitrogen and oxygen atoms in total. The van der Waals surface area contributed by atoms with Crippen molar-refractivity contribution in [2.75, 3.05) is 20.2 Å². The van der Waals surface area contributed by atoms with Gasteiger partial charge in [0, 0.05) is 26.1 Å². The quantitative estimate of drug-likeness (QED) is 0.742. The zero-order chi connectivity index (χ0) is 22.3. The Labute approximate surface area is 187 Å². The Kier molecular flexibility index (Phi) is 5.49. The number of piperidine rings is 1. The Morgan fingerprint density at radius 2 is 1.88 bits per heavy atom. The van der Waals surface area contributed by atoms with Crippen LogP contribution < -0.4 is 0 Å². The number of carboxylic acids is 1. The molecule has 0 radical (unpaired) electrons. The van der Waals surface area contributed by atoms with Crippen molar-refractivity contribution in [2.45, 2.75) is 56.5 Å². The number of aromatic nitrogens is 3. The number of nitrogens with zero attached hydrogens (tertiary/aromatic N) is 3. The largest absolute Gasteiger partial charge is 0.481 e. The maximum atomic E-state index is 12.5. The number of rotatable bonds is 5. The molecule has 2 aromatic rings. The molecule has 1 amide bonds. The van der Waals surface area contributed by atoms with E-state index in [9.17, 15) is 14.7 Å². The fourth-order valence-electron chi connectivity index (χ4n) is 5.97. The minimum absolute atomic E-state index is 0.0463. The smallest absolute Gasteiger partial charge is 0.306 e. The predicted molar refractivity (Wildman–Crippen MR) is 116 cm³/mol. The highest BCUT2D eigenvalue weighted by Gasteiger charge is 2.55. The van der Waals surface area contributed by atoms with Crippen LogP contribution in [0.3, 0.4) is 0 Å². The zero-order valence-corrected chi connectivity index (χ0v) is 18.4. The minimum Gasteiger partial charge on any atom is -0.481 e. The van der Waals surface area contributed by atoms with Crippen LogP contribution in [0, 0.1) is 11.3 Å². The van der Waals surface area contributed by atoms with Crippen molar-refractivity contribution in [3.05, 3.63) is 47.3 Å². The lowest BCUT2D eigenvalue weighted by Gasteiger charge is -2.34. The molecule has 170 valence electrons. The highest BCUT2D eigenvalue weighted by molar-refractivity contribution is 5.91. The number of nitrogens with one attached hydrogen (secondary N) is 1. The van der Waals surface area contributed by atoms with E-state index in [1.165, 1.54) is 23.7 Å². The first-order valence-electron chi connectivity index (χ1n) is 11.5. The highest BCUT2D eigenvalue weighted by Crippen LogP contribution is 2.65. The van der Waals surface area contributed by atoms with Crippen LogP contribution in [0.1, 0.15) is 72.0 Å². The van der Waals surface area contributed by atoms with Gasteiger partial charge in [-0.15, -0.1) is 0 Å². The van der Waals surface area contributed by atoms with Gasteiger partial charge in [-0.2, -0.15) is 15.4 Å². The number of ether oxygens (including phenoxy) is 1. The lowest BCUT2D eigenvalue weighted by atomic mass is 9.75. The van der Waals surface area contributed by atoms with E-state index in [1.54, 1.807) is 7.11 Å². The number of carbonyl (C=O) groups excluding carboxylic acids is 1. The number of aromatic amines is 1. The van der Waals surface area contributed by atoms with Gasteiger partial charge >= 0.3 is 5.97 Å². The topological polar surface area (TPSA) is 108 Å². The van der Waals surface area contributed by atoms with E-state index >= 15 is 0 Å². The first-order valence-corrected chi connectivity index (χ1v) is 11.5. The first kappa shape index (κ1) is 21.1. The molecule has 8 heteroatoms. The van der Waals surface area contributed by atoms with Crippen LogP contribution in [-0.4, -0.2) is 63.6 Å². The SMILES string of the molecule is COC1CCC(C(=O)O)CC1c1ccc(C2CC23CCN(C(=O)c2cn[nH]n2)CC3)cc1. The molecule has 2 heterocycles. The molecule has 32 heavy (non-hydrogen) atoms. The lowest BCUT2D eigenvalue weighted by molar-refractivity contribution is -0.144. The third kappa shape index (κ3) is 3.81. The van der Waals surface area contributed by atoms with Crippen molar-refractivity contribution in [1.82, 2.24) is 20.3 Å². The predicted octanol–water partition coefficient (Wildman–Crippen LogP) is 3.20. The first-order chi connectivity index (χ1) is 15.5. The van der Waals surface area contributed by atoms with E-state index in [4.69, 9.17) is 4.74 Å². The Morgan fingerprint density at radius 3 is 2.50 bits per heavy atom. The molecule has 1 aromatic heterocycles. The molecular formula is C24H30N4O4. The van der Waals surface area contributed by atoms with Crippen molar-refractivity contribution in [3.8, 4) is 0 Å². The highest BCUT2D eigenvalue weighted by atomic mass is 16.5. The van der Waals surface area contributed by atoms with E-state index in [0.29, 0.717) is 29.9 Å². The second kappa shape index (κ2) is 8.31. The summed E-state index contributed by atoms with van der Waals surface area (Å²) in [6.45, 7) is 1.52. The van der Waals surface area contributed by atoms with E-state index < -0.39 is 5.97 Å². The molecule has 0 bridgehead atoms.